The Balaban J connectivity index is 1.99. The number of hydrogen-bond donors (Lipinski definition) is 0. The predicted octanol–water partition coefficient (Wildman–Crippen LogP) is 3.05. The van der Waals surface area contributed by atoms with Crippen LogP contribution in [0.5, 0.6) is 0 Å². The van der Waals surface area contributed by atoms with Crippen LogP contribution in [0.4, 0.5) is 0 Å². The van der Waals surface area contributed by atoms with Crippen LogP contribution >= 0.6 is 11.6 Å². The zero-order valence-electron chi connectivity index (χ0n) is 9.81. The Labute approximate surface area is 117 Å². The third-order valence-electron chi connectivity index (χ3n) is 2.82. The molecule has 0 aliphatic heterocycles. The van der Waals surface area contributed by atoms with Crippen molar-refractivity contribution in [2.24, 2.45) is 0 Å². The topological polar surface area (TPSA) is 13.1 Å². The number of rotatable bonds is 2. The number of furan rings is 1. The second kappa shape index (κ2) is 4.81. The van der Waals surface area contributed by atoms with Crippen LogP contribution in [0.25, 0.3) is 11.0 Å². The Bertz CT molecular complexity index is 685. The number of hydrogen-bond acceptors (Lipinski definition) is 1. The SMILES string of the molecule is Cc1c([Se]c2ccc(Cl)cc2)oc2ccccc12. The summed E-state index contributed by atoms with van der Waals surface area (Å²) in [5, 5.41) is 1.99. The summed E-state index contributed by atoms with van der Waals surface area (Å²) in [7, 11) is 0. The molecular formula is C15H11ClOSe. The van der Waals surface area contributed by atoms with Crippen LogP contribution in [0, 0.1) is 6.92 Å². The first kappa shape index (κ1) is 11.9. The van der Waals surface area contributed by atoms with Gasteiger partial charge in [0.15, 0.2) is 0 Å². The van der Waals surface area contributed by atoms with Crippen LogP contribution in [0.1, 0.15) is 5.56 Å². The third kappa shape index (κ3) is 2.20. The van der Waals surface area contributed by atoms with Gasteiger partial charge in [-0.2, -0.15) is 0 Å². The molecule has 1 heterocycles. The summed E-state index contributed by atoms with van der Waals surface area (Å²) >= 11 is 6.08. The van der Waals surface area contributed by atoms with E-state index in [9.17, 15) is 0 Å². The molecule has 0 aliphatic rings. The zero-order valence-corrected chi connectivity index (χ0v) is 12.3. The van der Waals surface area contributed by atoms with Gasteiger partial charge in [-0.3, -0.25) is 0 Å². The molecule has 90 valence electrons. The fourth-order valence-electron chi connectivity index (χ4n) is 1.86. The van der Waals surface area contributed by atoms with Gasteiger partial charge in [-0.05, 0) is 0 Å². The molecule has 0 radical (unpaired) electrons. The predicted molar refractivity (Wildman–Crippen MR) is 77.4 cm³/mol. The zero-order chi connectivity index (χ0) is 12.5. The average molecular weight is 322 g/mol. The molecule has 0 N–H and O–H groups in total. The standard InChI is InChI=1S/C15H11ClOSe/c1-10-13-4-2-3-5-14(13)17-15(10)18-12-8-6-11(16)7-9-12/h2-9H,1H3. The summed E-state index contributed by atoms with van der Waals surface area (Å²) in [4.78, 5) is 0. The first-order valence-corrected chi connectivity index (χ1v) is 7.75. The second-order valence-electron chi connectivity index (χ2n) is 4.07. The molecule has 0 bridgehead atoms. The minimum absolute atomic E-state index is 0.188. The summed E-state index contributed by atoms with van der Waals surface area (Å²) in [5.41, 5.74) is 2.22. The molecule has 0 saturated carbocycles. The molecule has 1 aromatic heterocycles. The summed E-state index contributed by atoms with van der Waals surface area (Å²) in [6.45, 7) is 2.12. The molecule has 18 heavy (non-hydrogen) atoms. The molecule has 2 aromatic carbocycles. The van der Waals surface area contributed by atoms with Gasteiger partial charge in [0, 0.05) is 0 Å². The van der Waals surface area contributed by atoms with Crippen LogP contribution in [-0.2, 0) is 0 Å². The number of fused-ring (bicyclic) bond motifs is 1. The molecule has 0 fully saturated rings. The molecule has 0 spiro atoms. The quantitative estimate of drug-likeness (QED) is 0.661. The second-order valence-corrected chi connectivity index (χ2v) is 6.70. The summed E-state index contributed by atoms with van der Waals surface area (Å²) in [6.07, 6.45) is 0. The van der Waals surface area contributed by atoms with Crippen molar-refractivity contribution in [1.82, 2.24) is 0 Å². The molecule has 0 aliphatic carbocycles. The van der Waals surface area contributed by atoms with E-state index in [1.165, 1.54) is 15.4 Å². The summed E-state index contributed by atoms with van der Waals surface area (Å²) in [5.74, 6) is 0. The van der Waals surface area contributed by atoms with Gasteiger partial charge in [0.2, 0.25) is 0 Å². The maximum atomic E-state index is 5.93. The third-order valence-corrected chi connectivity index (χ3v) is 5.35. The summed E-state index contributed by atoms with van der Waals surface area (Å²) in [6, 6.07) is 16.2. The van der Waals surface area contributed by atoms with Gasteiger partial charge >= 0.3 is 117 Å². The Morgan fingerprint density at radius 3 is 2.44 bits per heavy atom. The van der Waals surface area contributed by atoms with E-state index >= 15 is 0 Å². The normalized spacial score (nSPS) is 11.0. The van der Waals surface area contributed by atoms with Crippen LogP contribution in [-0.4, -0.2) is 15.0 Å². The van der Waals surface area contributed by atoms with E-state index in [0.29, 0.717) is 0 Å². The molecule has 0 atom stereocenters. The number of benzene rings is 2. The van der Waals surface area contributed by atoms with E-state index in [1.54, 1.807) is 0 Å². The summed E-state index contributed by atoms with van der Waals surface area (Å²) < 4.78 is 8.29. The fourth-order valence-corrected chi connectivity index (χ4v) is 3.83. The Morgan fingerprint density at radius 1 is 1.00 bits per heavy atom. The van der Waals surface area contributed by atoms with Gasteiger partial charge < -0.3 is 0 Å². The van der Waals surface area contributed by atoms with Crippen molar-refractivity contribution in [3.05, 3.63) is 59.1 Å². The van der Waals surface area contributed by atoms with Crippen molar-refractivity contribution in [1.29, 1.82) is 0 Å². The maximum absolute atomic E-state index is 5.93. The number of para-hydroxylation sites is 1. The van der Waals surface area contributed by atoms with Gasteiger partial charge in [0.25, 0.3) is 0 Å². The van der Waals surface area contributed by atoms with Gasteiger partial charge in [-0.1, -0.05) is 0 Å². The van der Waals surface area contributed by atoms with Gasteiger partial charge in [-0.15, -0.1) is 0 Å². The van der Waals surface area contributed by atoms with Crippen LogP contribution < -0.4 is 9.12 Å². The van der Waals surface area contributed by atoms with Crippen molar-refractivity contribution < 1.29 is 4.42 Å². The molecule has 0 unspecified atom stereocenters. The molecule has 0 amide bonds. The number of aryl methyl sites for hydroxylation is 1. The molecule has 3 rings (SSSR count). The molecule has 3 heteroatoms. The number of halogens is 1. The fraction of sp³-hybridized carbons (Fsp3) is 0.0667. The van der Waals surface area contributed by atoms with Gasteiger partial charge in [0.05, 0.1) is 0 Å². The van der Waals surface area contributed by atoms with Crippen LogP contribution in [0.15, 0.2) is 52.9 Å². The molecular weight excluding hydrogens is 311 g/mol. The van der Waals surface area contributed by atoms with Gasteiger partial charge in [0.1, 0.15) is 0 Å². The van der Waals surface area contributed by atoms with Gasteiger partial charge in [-0.25, -0.2) is 0 Å². The van der Waals surface area contributed by atoms with E-state index in [-0.39, 0.29) is 15.0 Å². The van der Waals surface area contributed by atoms with E-state index in [4.69, 9.17) is 16.0 Å². The van der Waals surface area contributed by atoms with E-state index in [0.717, 1.165) is 15.3 Å². The van der Waals surface area contributed by atoms with Crippen molar-refractivity contribution in [3.63, 3.8) is 0 Å². The van der Waals surface area contributed by atoms with Crippen molar-refractivity contribution in [3.8, 4) is 0 Å². The Hall–Kier alpha value is -1.21. The average Bonchev–Trinajstić information content (AvgIpc) is 2.70. The van der Waals surface area contributed by atoms with E-state index < -0.39 is 0 Å². The molecule has 1 nitrogen and oxygen atoms in total. The van der Waals surface area contributed by atoms with E-state index in [1.807, 2.05) is 30.3 Å². The first-order valence-electron chi connectivity index (χ1n) is 5.65. The molecule has 3 aromatic rings. The van der Waals surface area contributed by atoms with Crippen LogP contribution in [0.3, 0.4) is 0 Å². The van der Waals surface area contributed by atoms with E-state index in [2.05, 4.69) is 25.1 Å². The Morgan fingerprint density at radius 2 is 1.72 bits per heavy atom. The Kier molecular flexibility index (Phi) is 3.17. The van der Waals surface area contributed by atoms with Crippen LogP contribution in [0.2, 0.25) is 5.02 Å². The molecule has 0 saturated heterocycles. The van der Waals surface area contributed by atoms with Crippen molar-refractivity contribution in [2.45, 2.75) is 6.92 Å². The first-order chi connectivity index (χ1) is 8.74. The minimum atomic E-state index is 0.188. The monoisotopic (exact) mass is 322 g/mol. The van der Waals surface area contributed by atoms with Crippen molar-refractivity contribution in [2.75, 3.05) is 0 Å². The van der Waals surface area contributed by atoms with Crippen molar-refractivity contribution >= 4 is 46.6 Å².